The van der Waals surface area contributed by atoms with Gasteiger partial charge in [0.25, 0.3) is 5.91 Å². The van der Waals surface area contributed by atoms with E-state index >= 15 is 0 Å². The average Bonchev–Trinajstić information content (AvgIpc) is 3.41. The lowest BCUT2D eigenvalue weighted by molar-refractivity contribution is 0.0462. The Labute approximate surface area is 228 Å². The summed E-state index contributed by atoms with van der Waals surface area (Å²) in [5, 5.41) is 9.36. The van der Waals surface area contributed by atoms with Gasteiger partial charge in [-0.25, -0.2) is 18.7 Å². The van der Waals surface area contributed by atoms with Gasteiger partial charge in [-0.05, 0) is 61.1 Å². The monoisotopic (exact) mass is 553 g/mol. The van der Waals surface area contributed by atoms with Gasteiger partial charge in [0.1, 0.15) is 29.0 Å². The molecule has 1 aliphatic rings. The molecule has 2 aromatic heterocycles. The molecule has 1 saturated heterocycles. The Kier molecular flexibility index (Phi) is 8.43. The van der Waals surface area contributed by atoms with Gasteiger partial charge in [0, 0.05) is 37.0 Å². The number of nitrogens with one attached hydrogen (secondary N) is 2. The molecule has 39 heavy (non-hydrogen) atoms. The lowest BCUT2D eigenvalue weighted by atomic mass is 9.99. The largest absolute Gasteiger partial charge is 0.494 e. The zero-order chi connectivity index (χ0) is 27.2. The van der Waals surface area contributed by atoms with Crippen LogP contribution < -0.4 is 10.1 Å². The minimum atomic E-state index is -0.643. The topological polar surface area (TPSA) is 102 Å². The fourth-order valence-electron chi connectivity index (χ4n) is 4.36. The van der Waals surface area contributed by atoms with E-state index in [2.05, 4.69) is 25.5 Å². The summed E-state index contributed by atoms with van der Waals surface area (Å²) in [5.74, 6) is -0.254. The second-order valence-corrected chi connectivity index (χ2v) is 9.65. The number of halogens is 3. The SMILES string of the molecule is O=C(Nc1cc(-c2cc(OCCC3CCCOC3)ccc2F)c(Cl)cn1)c1n[nH]c(Cc2ccccc2F)n1. The first-order valence-corrected chi connectivity index (χ1v) is 13.0. The molecule has 0 spiro atoms. The average molecular weight is 554 g/mol. The molecular weight excluding hydrogens is 528 g/mol. The fraction of sp³-hybridized carbons (Fsp3) is 0.286. The number of benzene rings is 2. The first-order chi connectivity index (χ1) is 19.0. The lowest BCUT2D eigenvalue weighted by Crippen LogP contribution is -2.19. The van der Waals surface area contributed by atoms with Crippen molar-refractivity contribution in [3.63, 3.8) is 0 Å². The van der Waals surface area contributed by atoms with Crippen molar-refractivity contribution in [2.75, 3.05) is 25.1 Å². The van der Waals surface area contributed by atoms with Crippen molar-refractivity contribution in [1.29, 1.82) is 0 Å². The number of anilines is 1. The summed E-state index contributed by atoms with van der Waals surface area (Å²) in [7, 11) is 0. The quantitative estimate of drug-likeness (QED) is 0.270. The number of ether oxygens (including phenoxy) is 2. The van der Waals surface area contributed by atoms with E-state index in [1.807, 2.05) is 0 Å². The highest BCUT2D eigenvalue weighted by molar-refractivity contribution is 6.33. The first kappa shape index (κ1) is 26.7. The number of hydrogen-bond donors (Lipinski definition) is 2. The standard InChI is InChI=1S/C28H26ClF2N5O3/c29-22-15-32-25(34-28(37)27-33-26(35-36-27)12-18-5-1-2-6-23(18)30)14-20(22)21-13-19(7-8-24(21)31)39-11-9-17-4-3-10-38-16-17/h1-2,5-8,13-15,17H,3-4,9-12,16H2,(H,32,34,37)(H,33,35,36). The molecule has 2 N–H and O–H groups in total. The maximum atomic E-state index is 14.8. The second kappa shape index (κ2) is 12.3. The molecule has 0 saturated carbocycles. The second-order valence-electron chi connectivity index (χ2n) is 9.24. The molecule has 1 aliphatic heterocycles. The van der Waals surface area contributed by atoms with Gasteiger partial charge in [0.05, 0.1) is 11.6 Å². The number of carbonyl (C=O) groups excluding carboxylic acids is 1. The summed E-state index contributed by atoms with van der Waals surface area (Å²) in [4.78, 5) is 21.0. The molecule has 1 unspecified atom stereocenters. The normalized spacial score (nSPS) is 15.2. The van der Waals surface area contributed by atoms with Crippen molar-refractivity contribution >= 4 is 23.3 Å². The molecule has 3 heterocycles. The smallest absolute Gasteiger partial charge is 0.296 e. The minimum Gasteiger partial charge on any atom is -0.494 e. The van der Waals surface area contributed by atoms with Crippen LogP contribution in [0, 0.1) is 17.6 Å². The van der Waals surface area contributed by atoms with Crippen molar-refractivity contribution in [2.45, 2.75) is 25.7 Å². The number of H-pyrrole nitrogens is 1. The van der Waals surface area contributed by atoms with E-state index in [0.717, 1.165) is 32.5 Å². The van der Waals surface area contributed by atoms with Crippen LogP contribution in [0.5, 0.6) is 5.75 Å². The molecule has 5 rings (SSSR count). The Morgan fingerprint density at radius 3 is 2.85 bits per heavy atom. The minimum absolute atomic E-state index is 0.128. The van der Waals surface area contributed by atoms with E-state index in [9.17, 15) is 13.6 Å². The van der Waals surface area contributed by atoms with Gasteiger partial charge in [-0.3, -0.25) is 9.89 Å². The Balaban J connectivity index is 1.26. The van der Waals surface area contributed by atoms with Crippen molar-refractivity contribution < 1.29 is 23.0 Å². The van der Waals surface area contributed by atoms with Crippen molar-refractivity contribution in [3.05, 3.63) is 88.6 Å². The number of amides is 1. The van der Waals surface area contributed by atoms with Crippen LogP contribution in [-0.2, 0) is 11.2 Å². The Morgan fingerprint density at radius 2 is 2.03 bits per heavy atom. The van der Waals surface area contributed by atoms with Gasteiger partial charge >= 0.3 is 0 Å². The van der Waals surface area contributed by atoms with Crippen LogP contribution in [0.2, 0.25) is 5.02 Å². The van der Waals surface area contributed by atoms with E-state index < -0.39 is 11.7 Å². The molecule has 1 amide bonds. The van der Waals surface area contributed by atoms with E-state index in [4.69, 9.17) is 21.1 Å². The van der Waals surface area contributed by atoms with Gasteiger partial charge < -0.3 is 14.8 Å². The third kappa shape index (κ3) is 6.76. The summed E-state index contributed by atoms with van der Waals surface area (Å²) in [6.45, 7) is 2.03. The summed E-state index contributed by atoms with van der Waals surface area (Å²) >= 11 is 6.35. The zero-order valence-electron chi connectivity index (χ0n) is 20.9. The van der Waals surface area contributed by atoms with Crippen LogP contribution in [0.25, 0.3) is 11.1 Å². The maximum Gasteiger partial charge on any atom is 0.296 e. The highest BCUT2D eigenvalue weighted by Gasteiger charge is 2.18. The van der Waals surface area contributed by atoms with Crippen LogP contribution in [0.1, 0.15) is 41.3 Å². The fourth-order valence-corrected chi connectivity index (χ4v) is 4.57. The molecule has 0 bridgehead atoms. The van der Waals surface area contributed by atoms with Crippen LogP contribution in [0.4, 0.5) is 14.6 Å². The Hall–Kier alpha value is -3.89. The summed E-state index contributed by atoms with van der Waals surface area (Å²) in [6.07, 6.45) is 4.48. The molecular formula is C28H26ClF2N5O3. The number of aromatic amines is 1. The Morgan fingerprint density at radius 1 is 1.15 bits per heavy atom. The van der Waals surface area contributed by atoms with E-state index in [-0.39, 0.29) is 34.5 Å². The van der Waals surface area contributed by atoms with E-state index in [1.54, 1.807) is 30.3 Å². The highest BCUT2D eigenvalue weighted by atomic mass is 35.5. The molecule has 0 aliphatic carbocycles. The lowest BCUT2D eigenvalue weighted by Gasteiger charge is -2.22. The number of hydrogen-bond acceptors (Lipinski definition) is 6. The van der Waals surface area contributed by atoms with Gasteiger partial charge in [-0.2, -0.15) is 0 Å². The van der Waals surface area contributed by atoms with Gasteiger partial charge in [0.2, 0.25) is 5.82 Å². The van der Waals surface area contributed by atoms with Crippen LogP contribution >= 0.6 is 11.6 Å². The zero-order valence-corrected chi connectivity index (χ0v) is 21.7. The highest BCUT2D eigenvalue weighted by Crippen LogP contribution is 2.34. The first-order valence-electron chi connectivity index (χ1n) is 12.6. The molecule has 8 nitrogen and oxygen atoms in total. The van der Waals surface area contributed by atoms with Gasteiger partial charge in [0.15, 0.2) is 0 Å². The number of aromatic nitrogens is 4. The summed E-state index contributed by atoms with van der Waals surface area (Å²) in [6, 6.07) is 12.2. The number of nitrogens with zero attached hydrogens (tertiary/aromatic N) is 3. The van der Waals surface area contributed by atoms with Crippen LogP contribution in [-0.4, -0.2) is 45.9 Å². The van der Waals surface area contributed by atoms with Gasteiger partial charge in [-0.1, -0.05) is 29.8 Å². The molecule has 2 aromatic carbocycles. The summed E-state index contributed by atoms with van der Waals surface area (Å²) in [5.41, 5.74) is 0.961. The molecule has 1 atom stereocenters. The van der Waals surface area contributed by atoms with Crippen molar-refractivity contribution in [2.24, 2.45) is 5.92 Å². The molecule has 1 fully saturated rings. The Bertz CT molecular complexity index is 1460. The van der Waals surface area contributed by atoms with Crippen LogP contribution in [0.3, 0.4) is 0 Å². The number of pyridine rings is 1. The van der Waals surface area contributed by atoms with Gasteiger partial charge in [-0.15, -0.1) is 5.10 Å². The molecule has 4 aromatic rings. The third-order valence-electron chi connectivity index (χ3n) is 6.42. The third-order valence-corrected chi connectivity index (χ3v) is 6.73. The maximum absolute atomic E-state index is 14.8. The predicted molar refractivity (Wildman–Crippen MR) is 142 cm³/mol. The number of rotatable bonds is 9. The number of carbonyl (C=O) groups is 1. The summed E-state index contributed by atoms with van der Waals surface area (Å²) < 4.78 is 40.1. The van der Waals surface area contributed by atoms with E-state index in [0.29, 0.717) is 35.2 Å². The molecule has 11 heteroatoms. The molecule has 0 radical (unpaired) electrons. The predicted octanol–water partition coefficient (Wildman–Crippen LogP) is 5.84. The van der Waals surface area contributed by atoms with E-state index in [1.165, 1.54) is 24.4 Å². The van der Waals surface area contributed by atoms with Crippen molar-refractivity contribution in [1.82, 2.24) is 20.2 Å². The molecule has 202 valence electrons. The van der Waals surface area contributed by atoms with Crippen molar-refractivity contribution in [3.8, 4) is 16.9 Å². The van der Waals surface area contributed by atoms with Crippen LogP contribution in [0.15, 0.2) is 54.7 Å².